The number of amides is 1. The highest BCUT2D eigenvalue weighted by molar-refractivity contribution is 6.30. The van der Waals surface area contributed by atoms with Crippen LogP contribution in [0.3, 0.4) is 0 Å². The maximum absolute atomic E-state index is 11.9. The summed E-state index contributed by atoms with van der Waals surface area (Å²) in [5.74, 6) is 0.00590. The summed E-state index contributed by atoms with van der Waals surface area (Å²) in [5.41, 5.74) is 0.746. The smallest absolute Gasteiger partial charge is 0.238 e. The largest absolute Gasteiger partial charge is 0.325 e. The number of carbonyl (C=O) groups is 1. The van der Waals surface area contributed by atoms with E-state index in [9.17, 15) is 4.79 Å². The summed E-state index contributed by atoms with van der Waals surface area (Å²) in [5, 5.41) is 6.84. The number of carbonyl (C=O) groups excluding carboxylic acids is 1. The topological polar surface area (TPSA) is 44.4 Å². The Labute approximate surface area is 112 Å². The van der Waals surface area contributed by atoms with Gasteiger partial charge in [0, 0.05) is 36.4 Å². The van der Waals surface area contributed by atoms with Gasteiger partial charge in [0.05, 0.1) is 6.54 Å². The first-order chi connectivity index (χ1) is 8.63. The summed E-state index contributed by atoms with van der Waals surface area (Å²) in [6.45, 7) is 5.31. The third kappa shape index (κ3) is 3.98. The quantitative estimate of drug-likeness (QED) is 0.874. The lowest BCUT2D eigenvalue weighted by Crippen LogP contribution is -2.51. The van der Waals surface area contributed by atoms with Gasteiger partial charge in [0.1, 0.15) is 0 Å². The number of hydrogen-bond acceptors (Lipinski definition) is 3. The summed E-state index contributed by atoms with van der Waals surface area (Å²) in [4.78, 5) is 14.0. The Morgan fingerprint density at radius 1 is 1.61 bits per heavy atom. The van der Waals surface area contributed by atoms with Crippen molar-refractivity contribution in [1.29, 1.82) is 0 Å². The first kappa shape index (κ1) is 13.3. The van der Waals surface area contributed by atoms with Crippen LogP contribution in [-0.4, -0.2) is 43.0 Å². The normalized spacial score (nSPS) is 20.7. The Balaban J connectivity index is 1.85. The van der Waals surface area contributed by atoms with Crippen molar-refractivity contribution in [3.05, 3.63) is 29.3 Å². The highest BCUT2D eigenvalue weighted by atomic mass is 35.5. The van der Waals surface area contributed by atoms with Gasteiger partial charge in [0.25, 0.3) is 0 Å². The van der Waals surface area contributed by atoms with Crippen molar-refractivity contribution in [2.75, 3.05) is 31.5 Å². The molecule has 18 heavy (non-hydrogen) atoms. The monoisotopic (exact) mass is 267 g/mol. The van der Waals surface area contributed by atoms with Crippen molar-refractivity contribution in [3.8, 4) is 0 Å². The van der Waals surface area contributed by atoms with E-state index in [2.05, 4.69) is 22.5 Å². The van der Waals surface area contributed by atoms with Gasteiger partial charge in [-0.2, -0.15) is 0 Å². The van der Waals surface area contributed by atoms with Crippen LogP contribution < -0.4 is 10.6 Å². The zero-order valence-corrected chi connectivity index (χ0v) is 11.2. The van der Waals surface area contributed by atoms with E-state index in [0.717, 1.165) is 25.3 Å². The van der Waals surface area contributed by atoms with Gasteiger partial charge < -0.3 is 10.6 Å². The Morgan fingerprint density at radius 3 is 3.17 bits per heavy atom. The van der Waals surface area contributed by atoms with Crippen LogP contribution in [-0.2, 0) is 4.79 Å². The molecule has 1 heterocycles. The number of halogens is 1. The SMILES string of the molecule is C[C@@H]1CN(CC(=O)Nc2cccc(Cl)c2)CCN1. The average molecular weight is 268 g/mol. The van der Waals surface area contributed by atoms with Crippen LogP contribution in [0.25, 0.3) is 0 Å². The maximum atomic E-state index is 11.9. The Bertz CT molecular complexity index is 424. The molecule has 98 valence electrons. The third-order valence-electron chi connectivity index (χ3n) is 2.93. The molecule has 0 saturated carbocycles. The van der Waals surface area contributed by atoms with E-state index < -0.39 is 0 Å². The van der Waals surface area contributed by atoms with Crippen LogP contribution >= 0.6 is 11.6 Å². The van der Waals surface area contributed by atoms with E-state index in [1.807, 2.05) is 12.1 Å². The van der Waals surface area contributed by atoms with E-state index >= 15 is 0 Å². The lowest BCUT2D eigenvalue weighted by atomic mass is 10.2. The molecule has 1 aliphatic rings. The molecule has 0 spiro atoms. The minimum absolute atomic E-state index is 0.00590. The van der Waals surface area contributed by atoms with Crippen molar-refractivity contribution in [3.63, 3.8) is 0 Å². The fourth-order valence-corrected chi connectivity index (χ4v) is 2.32. The van der Waals surface area contributed by atoms with E-state index in [-0.39, 0.29) is 5.91 Å². The minimum atomic E-state index is 0.00590. The molecule has 1 atom stereocenters. The van der Waals surface area contributed by atoms with Crippen LogP contribution in [0.4, 0.5) is 5.69 Å². The van der Waals surface area contributed by atoms with Gasteiger partial charge in [-0.25, -0.2) is 0 Å². The average Bonchev–Trinajstić information content (AvgIpc) is 2.28. The molecule has 1 aromatic carbocycles. The second-order valence-electron chi connectivity index (χ2n) is 4.65. The molecule has 0 aromatic heterocycles. The lowest BCUT2D eigenvalue weighted by Gasteiger charge is -2.31. The molecule has 5 heteroatoms. The molecular weight excluding hydrogens is 250 g/mol. The number of anilines is 1. The molecule has 1 amide bonds. The fraction of sp³-hybridized carbons (Fsp3) is 0.462. The second kappa shape index (κ2) is 6.18. The molecule has 2 N–H and O–H groups in total. The second-order valence-corrected chi connectivity index (χ2v) is 5.09. The Morgan fingerprint density at radius 2 is 2.44 bits per heavy atom. The number of piperazine rings is 1. The minimum Gasteiger partial charge on any atom is -0.325 e. The van der Waals surface area contributed by atoms with Gasteiger partial charge in [-0.15, -0.1) is 0 Å². The van der Waals surface area contributed by atoms with E-state index in [1.165, 1.54) is 0 Å². The highest BCUT2D eigenvalue weighted by Crippen LogP contribution is 2.14. The molecule has 0 unspecified atom stereocenters. The molecule has 1 aromatic rings. The van der Waals surface area contributed by atoms with Crippen LogP contribution in [0.1, 0.15) is 6.92 Å². The zero-order valence-electron chi connectivity index (χ0n) is 10.4. The van der Waals surface area contributed by atoms with Crippen molar-refractivity contribution in [1.82, 2.24) is 10.2 Å². The van der Waals surface area contributed by atoms with E-state index in [1.54, 1.807) is 12.1 Å². The fourth-order valence-electron chi connectivity index (χ4n) is 2.13. The number of nitrogens with one attached hydrogen (secondary N) is 2. The van der Waals surface area contributed by atoms with E-state index in [4.69, 9.17) is 11.6 Å². The molecule has 0 bridgehead atoms. The maximum Gasteiger partial charge on any atom is 0.238 e. The predicted molar refractivity (Wildman–Crippen MR) is 74.0 cm³/mol. The third-order valence-corrected chi connectivity index (χ3v) is 3.16. The number of hydrogen-bond donors (Lipinski definition) is 2. The van der Waals surface area contributed by atoms with Gasteiger partial charge in [0.15, 0.2) is 0 Å². The summed E-state index contributed by atoms with van der Waals surface area (Å²) >= 11 is 5.87. The van der Waals surface area contributed by atoms with Gasteiger partial charge in [-0.05, 0) is 25.1 Å². The van der Waals surface area contributed by atoms with Crippen LogP contribution in [0.15, 0.2) is 24.3 Å². The van der Waals surface area contributed by atoms with E-state index in [0.29, 0.717) is 17.6 Å². The molecule has 2 rings (SSSR count). The number of rotatable bonds is 3. The lowest BCUT2D eigenvalue weighted by molar-refractivity contribution is -0.117. The van der Waals surface area contributed by atoms with Crippen molar-refractivity contribution in [2.24, 2.45) is 0 Å². The van der Waals surface area contributed by atoms with Gasteiger partial charge in [0.2, 0.25) is 5.91 Å². The molecule has 0 aliphatic carbocycles. The molecule has 1 aliphatic heterocycles. The Hall–Kier alpha value is -1.10. The predicted octanol–water partition coefficient (Wildman–Crippen LogP) is 1.57. The van der Waals surface area contributed by atoms with Crippen LogP contribution in [0.5, 0.6) is 0 Å². The molecule has 4 nitrogen and oxygen atoms in total. The Kier molecular flexibility index (Phi) is 4.58. The molecule has 0 radical (unpaired) electrons. The van der Waals surface area contributed by atoms with Crippen molar-refractivity contribution in [2.45, 2.75) is 13.0 Å². The van der Waals surface area contributed by atoms with Gasteiger partial charge in [-0.1, -0.05) is 17.7 Å². The summed E-state index contributed by atoms with van der Waals surface area (Å²) in [6.07, 6.45) is 0. The molecular formula is C13H18ClN3O. The number of nitrogens with zero attached hydrogens (tertiary/aromatic N) is 1. The zero-order chi connectivity index (χ0) is 13.0. The van der Waals surface area contributed by atoms with Crippen molar-refractivity contribution < 1.29 is 4.79 Å². The summed E-state index contributed by atoms with van der Waals surface area (Å²) in [6, 6.07) is 7.64. The standard InChI is InChI=1S/C13H18ClN3O/c1-10-8-17(6-5-15-10)9-13(18)16-12-4-2-3-11(14)7-12/h2-4,7,10,15H,5-6,8-9H2,1H3,(H,16,18)/t10-/m1/s1. The number of benzene rings is 1. The summed E-state index contributed by atoms with van der Waals surface area (Å²) < 4.78 is 0. The van der Waals surface area contributed by atoms with Crippen LogP contribution in [0, 0.1) is 0 Å². The van der Waals surface area contributed by atoms with Crippen LogP contribution in [0.2, 0.25) is 5.02 Å². The highest BCUT2D eigenvalue weighted by Gasteiger charge is 2.17. The van der Waals surface area contributed by atoms with Gasteiger partial charge in [-0.3, -0.25) is 9.69 Å². The summed E-state index contributed by atoms with van der Waals surface area (Å²) in [7, 11) is 0. The first-order valence-electron chi connectivity index (χ1n) is 6.14. The van der Waals surface area contributed by atoms with Gasteiger partial charge >= 0.3 is 0 Å². The molecule has 1 saturated heterocycles. The first-order valence-corrected chi connectivity index (χ1v) is 6.52. The molecule has 1 fully saturated rings. The van der Waals surface area contributed by atoms with Crippen molar-refractivity contribution >= 4 is 23.2 Å².